The summed E-state index contributed by atoms with van der Waals surface area (Å²) in [6.07, 6.45) is 2.63. The molecular formula is C17H22N4O2S. The standard InChI is InChI=1S/C17H22N4O2S/c1-11(2)9-20-17(23)19-10-13-6-5-12(8-15(19)18-20)21(13)16(22)14-4-3-7-24-14/h3-4,7,11-13H,5-6,8-10H2,1-2H3. The number of aromatic nitrogens is 3. The van der Waals surface area contributed by atoms with Crippen LogP contribution in [0, 0.1) is 5.92 Å². The van der Waals surface area contributed by atoms with E-state index in [0.717, 1.165) is 23.5 Å². The fourth-order valence-corrected chi connectivity index (χ4v) is 4.57. The molecule has 1 amide bonds. The highest BCUT2D eigenvalue weighted by molar-refractivity contribution is 7.12. The van der Waals surface area contributed by atoms with E-state index in [0.29, 0.717) is 25.4 Å². The Morgan fingerprint density at radius 2 is 2.17 bits per heavy atom. The smallest absolute Gasteiger partial charge is 0.330 e. The molecule has 128 valence electrons. The summed E-state index contributed by atoms with van der Waals surface area (Å²) in [7, 11) is 0. The fourth-order valence-electron chi connectivity index (χ4n) is 3.91. The van der Waals surface area contributed by atoms with Crippen LogP contribution in [0.25, 0.3) is 0 Å². The Morgan fingerprint density at radius 1 is 1.38 bits per heavy atom. The highest BCUT2D eigenvalue weighted by Gasteiger charge is 2.41. The largest absolute Gasteiger partial charge is 0.345 e. The van der Waals surface area contributed by atoms with Crippen molar-refractivity contribution < 1.29 is 4.79 Å². The predicted molar refractivity (Wildman–Crippen MR) is 92.3 cm³/mol. The van der Waals surface area contributed by atoms with E-state index in [4.69, 9.17) is 0 Å². The highest BCUT2D eigenvalue weighted by atomic mass is 32.1. The van der Waals surface area contributed by atoms with Gasteiger partial charge < -0.3 is 4.90 Å². The summed E-state index contributed by atoms with van der Waals surface area (Å²) in [5, 5.41) is 6.49. The number of fused-ring (bicyclic) bond motifs is 3. The molecule has 2 unspecified atom stereocenters. The summed E-state index contributed by atoms with van der Waals surface area (Å²) < 4.78 is 3.39. The van der Waals surface area contributed by atoms with E-state index in [-0.39, 0.29) is 23.7 Å². The van der Waals surface area contributed by atoms with Crippen molar-refractivity contribution in [3.05, 3.63) is 38.7 Å². The molecular weight excluding hydrogens is 324 g/mol. The third-order valence-corrected chi connectivity index (χ3v) is 5.79. The van der Waals surface area contributed by atoms with Gasteiger partial charge in [0.05, 0.1) is 10.9 Å². The molecule has 0 radical (unpaired) electrons. The zero-order valence-electron chi connectivity index (χ0n) is 14.0. The van der Waals surface area contributed by atoms with E-state index in [1.54, 1.807) is 9.25 Å². The Labute approximate surface area is 144 Å². The number of nitrogens with zero attached hydrogens (tertiary/aromatic N) is 4. The van der Waals surface area contributed by atoms with Crippen molar-refractivity contribution in [3.63, 3.8) is 0 Å². The van der Waals surface area contributed by atoms with Crippen LogP contribution in [-0.4, -0.2) is 37.2 Å². The van der Waals surface area contributed by atoms with Crippen LogP contribution in [-0.2, 0) is 19.5 Å². The molecule has 0 aromatic carbocycles. The minimum atomic E-state index is -0.0326. The number of thiophene rings is 1. The molecule has 1 saturated heterocycles. The van der Waals surface area contributed by atoms with Gasteiger partial charge in [0.2, 0.25) is 0 Å². The Balaban J connectivity index is 1.65. The second-order valence-electron chi connectivity index (χ2n) is 7.16. The van der Waals surface area contributed by atoms with Crippen LogP contribution < -0.4 is 5.69 Å². The van der Waals surface area contributed by atoms with Crippen LogP contribution in [0.5, 0.6) is 0 Å². The monoisotopic (exact) mass is 346 g/mol. The first kappa shape index (κ1) is 15.6. The zero-order chi connectivity index (χ0) is 16.8. The van der Waals surface area contributed by atoms with Crippen molar-refractivity contribution >= 4 is 17.2 Å². The molecule has 1 fully saturated rings. The third-order valence-electron chi connectivity index (χ3n) is 4.94. The Morgan fingerprint density at radius 3 is 2.88 bits per heavy atom. The van der Waals surface area contributed by atoms with Gasteiger partial charge in [0, 0.05) is 25.6 Å². The summed E-state index contributed by atoms with van der Waals surface area (Å²) >= 11 is 1.48. The van der Waals surface area contributed by atoms with E-state index in [2.05, 4.69) is 18.9 Å². The van der Waals surface area contributed by atoms with Crippen molar-refractivity contribution in [1.29, 1.82) is 0 Å². The summed E-state index contributed by atoms with van der Waals surface area (Å²) in [4.78, 5) is 28.3. The second kappa shape index (κ2) is 5.88. The maximum Gasteiger partial charge on any atom is 0.345 e. The van der Waals surface area contributed by atoms with Gasteiger partial charge >= 0.3 is 5.69 Å². The van der Waals surface area contributed by atoms with Gasteiger partial charge in [-0.1, -0.05) is 19.9 Å². The summed E-state index contributed by atoms with van der Waals surface area (Å²) in [5.41, 5.74) is -0.0326. The van der Waals surface area contributed by atoms with Crippen LogP contribution in [0.4, 0.5) is 0 Å². The van der Waals surface area contributed by atoms with Crippen molar-refractivity contribution in [3.8, 4) is 0 Å². The molecule has 2 aliphatic rings. The van der Waals surface area contributed by atoms with Gasteiger partial charge in [0.15, 0.2) is 0 Å². The summed E-state index contributed by atoms with van der Waals surface area (Å²) in [5.74, 6) is 1.32. The van der Waals surface area contributed by atoms with Crippen LogP contribution in [0.1, 0.15) is 42.2 Å². The molecule has 2 aromatic rings. The molecule has 2 bridgehead atoms. The molecule has 0 N–H and O–H groups in total. The average molecular weight is 346 g/mol. The molecule has 24 heavy (non-hydrogen) atoms. The number of rotatable bonds is 3. The first-order valence-corrected chi connectivity index (χ1v) is 9.45. The number of hydrogen-bond donors (Lipinski definition) is 0. The molecule has 0 saturated carbocycles. The van der Waals surface area contributed by atoms with Gasteiger partial charge in [-0.05, 0) is 30.2 Å². The third kappa shape index (κ3) is 2.51. The highest BCUT2D eigenvalue weighted by Crippen LogP contribution is 2.32. The quantitative estimate of drug-likeness (QED) is 0.854. The van der Waals surface area contributed by atoms with E-state index in [1.165, 1.54) is 11.3 Å². The van der Waals surface area contributed by atoms with Crippen LogP contribution >= 0.6 is 11.3 Å². The van der Waals surface area contributed by atoms with Gasteiger partial charge in [-0.15, -0.1) is 11.3 Å². The molecule has 2 aromatic heterocycles. The van der Waals surface area contributed by atoms with Crippen molar-refractivity contribution in [2.45, 2.75) is 58.3 Å². The van der Waals surface area contributed by atoms with Gasteiger partial charge in [0.25, 0.3) is 5.91 Å². The lowest BCUT2D eigenvalue weighted by atomic mass is 10.1. The number of hydrogen-bond acceptors (Lipinski definition) is 4. The first-order chi connectivity index (χ1) is 11.5. The maximum absolute atomic E-state index is 12.9. The minimum absolute atomic E-state index is 0.0326. The number of amides is 1. The minimum Gasteiger partial charge on any atom is -0.330 e. The molecule has 0 aliphatic carbocycles. The Kier molecular flexibility index (Phi) is 3.83. The maximum atomic E-state index is 12.9. The SMILES string of the molecule is CC(C)Cn1nc2n(c1=O)CC1CCC(C2)N1C(=O)c1cccs1. The van der Waals surface area contributed by atoms with E-state index < -0.39 is 0 Å². The fraction of sp³-hybridized carbons (Fsp3) is 0.588. The van der Waals surface area contributed by atoms with Gasteiger partial charge in [-0.2, -0.15) is 5.10 Å². The zero-order valence-corrected chi connectivity index (χ0v) is 14.8. The lowest BCUT2D eigenvalue weighted by molar-refractivity contribution is 0.0670. The second-order valence-corrected chi connectivity index (χ2v) is 8.11. The van der Waals surface area contributed by atoms with Gasteiger partial charge in [-0.3, -0.25) is 9.36 Å². The summed E-state index contributed by atoms with van der Waals surface area (Å²) in [6, 6.07) is 4.04. The molecule has 7 heteroatoms. The topological polar surface area (TPSA) is 60.1 Å². The lowest BCUT2D eigenvalue weighted by Crippen LogP contribution is -2.42. The lowest BCUT2D eigenvalue weighted by Gasteiger charge is -2.27. The van der Waals surface area contributed by atoms with Crippen molar-refractivity contribution in [2.24, 2.45) is 5.92 Å². The average Bonchev–Trinajstić information content (AvgIpc) is 3.20. The van der Waals surface area contributed by atoms with Crippen molar-refractivity contribution in [1.82, 2.24) is 19.2 Å². The number of carbonyl (C=O) groups is 1. The van der Waals surface area contributed by atoms with E-state index in [1.807, 2.05) is 22.4 Å². The molecule has 4 rings (SSSR count). The molecule has 0 spiro atoms. The molecule has 6 nitrogen and oxygen atoms in total. The van der Waals surface area contributed by atoms with Gasteiger partial charge in [-0.25, -0.2) is 9.48 Å². The van der Waals surface area contributed by atoms with Gasteiger partial charge in [0.1, 0.15) is 5.82 Å². The van der Waals surface area contributed by atoms with Crippen LogP contribution in [0.3, 0.4) is 0 Å². The van der Waals surface area contributed by atoms with Crippen LogP contribution in [0.2, 0.25) is 0 Å². The van der Waals surface area contributed by atoms with E-state index >= 15 is 0 Å². The first-order valence-electron chi connectivity index (χ1n) is 8.57. The molecule has 4 heterocycles. The van der Waals surface area contributed by atoms with E-state index in [9.17, 15) is 9.59 Å². The Bertz CT molecular complexity index is 805. The molecule has 2 aliphatic heterocycles. The Hall–Kier alpha value is -1.89. The normalized spacial score (nSPS) is 22.7. The summed E-state index contributed by atoms with van der Waals surface area (Å²) in [6.45, 7) is 5.39. The number of carbonyl (C=O) groups excluding carboxylic acids is 1. The van der Waals surface area contributed by atoms with Crippen molar-refractivity contribution in [2.75, 3.05) is 0 Å². The van der Waals surface area contributed by atoms with Crippen LogP contribution in [0.15, 0.2) is 22.3 Å². The molecule has 2 atom stereocenters. The predicted octanol–water partition coefficient (Wildman–Crippen LogP) is 1.99.